The van der Waals surface area contributed by atoms with Crippen LogP contribution in [0.15, 0.2) is 53.6 Å². The van der Waals surface area contributed by atoms with E-state index >= 15 is 0 Å². The third kappa shape index (κ3) is 4.65. The van der Waals surface area contributed by atoms with Crippen LogP contribution in [0.1, 0.15) is 17.0 Å². The summed E-state index contributed by atoms with van der Waals surface area (Å²) in [6.07, 6.45) is 2.57. The minimum Gasteiger partial charge on any atom is -0.496 e. The lowest BCUT2D eigenvalue weighted by Gasteiger charge is -2.13. The SMILES string of the molecule is COc1cccc(OC)c1-c1cc(NN=CCc2ccc(C)cc2)nc(C)n1. The Morgan fingerprint density at radius 3 is 2.29 bits per heavy atom. The summed E-state index contributed by atoms with van der Waals surface area (Å²) in [5.41, 5.74) is 6.93. The molecular weight excluding hydrogens is 352 g/mol. The number of ether oxygens (including phenoxy) is 2. The van der Waals surface area contributed by atoms with Gasteiger partial charge in [-0.1, -0.05) is 35.9 Å². The van der Waals surface area contributed by atoms with E-state index in [0.717, 1.165) is 12.0 Å². The second kappa shape index (κ2) is 8.99. The number of hydrogen-bond acceptors (Lipinski definition) is 6. The largest absolute Gasteiger partial charge is 0.496 e. The van der Waals surface area contributed by atoms with Crippen molar-refractivity contribution in [3.63, 3.8) is 0 Å². The molecule has 28 heavy (non-hydrogen) atoms. The van der Waals surface area contributed by atoms with Gasteiger partial charge in [-0.2, -0.15) is 5.10 Å². The van der Waals surface area contributed by atoms with Crippen LogP contribution in [0.25, 0.3) is 11.3 Å². The third-order valence-corrected chi connectivity index (χ3v) is 4.24. The van der Waals surface area contributed by atoms with Crippen molar-refractivity contribution in [2.75, 3.05) is 19.6 Å². The molecule has 2 aromatic carbocycles. The van der Waals surface area contributed by atoms with Crippen molar-refractivity contribution in [1.29, 1.82) is 0 Å². The van der Waals surface area contributed by atoms with Crippen molar-refractivity contribution in [2.24, 2.45) is 5.10 Å². The van der Waals surface area contributed by atoms with Gasteiger partial charge in [-0.05, 0) is 31.5 Å². The molecule has 3 rings (SSSR count). The van der Waals surface area contributed by atoms with Gasteiger partial charge in [0.05, 0.1) is 25.5 Å². The molecule has 1 heterocycles. The van der Waals surface area contributed by atoms with Crippen molar-refractivity contribution in [1.82, 2.24) is 9.97 Å². The number of aromatic nitrogens is 2. The summed E-state index contributed by atoms with van der Waals surface area (Å²) in [5.74, 6) is 2.61. The minimum absolute atomic E-state index is 0.607. The first-order valence-corrected chi connectivity index (χ1v) is 9.01. The fourth-order valence-corrected chi connectivity index (χ4v) is 2.84. The lowest BCUT2D eigenvalue weighted by molar-refractivity contribution is 0.397. The molecule has 0 aliphatic rings. The number of rotatable bonds is 7. The van der Waals surface area contributed by atoms with Gasteiger partial charge in [-0.15, -0.1) is 0 Å². The highest BCUT2D eigenvalue weighted by molar-refractivity contribution is 5.75. The summed E-state index contributed by atoms with van der Waals surface area (Å²) < 4.78 is 11.0. The summed E-state index contributed by atoms with van der Waals surface area (Å²) in [7, 11) is 3.25. The first-order valence-electron chi connectivity index (χ1n) is 9.01. The van der Waals surface area contributed by atoms with Gasteiger partial charge in [0.1, 0.15) is 23.1 Å². The second-order valence-corrected chi connectivity index (χ2v) is 6.34. The normalized spacial score (nSPS) is 10.9. The molecule has 6 heteroatoms. The van der Waals surface area contributed by atoms with Crippen LogP contribution in [0.2, 0.25) is 0 Å². The quantitative estimate of drug-likeness (QED) is 0.488. The van der Waals surface area contributed by atoms with Gasteiger partial charge in [-0.3, -0.25) is 5.43 Å². The lowest BCUT2D eigenvalue weighted by Crippen LogP contribution is -2.01. The average molecular weight is 376 g/mol. The zero-order valence-electron chi connectivity index (χ0n) is 16.6. The zero-order valence-corrected chi connectivity index (χ0v) is 16.6. The van der Waals surface area contributed by atoms with Crippen LogP contribution in [0, 0.1) is 13.8 Å². The molecule has 144 valence electrons. The van der Waals surface area contributed by atoms with Crippen LogP contribution >= 0.6 is 0 Å². The standard InChI is InChI=1S/C22H24N4O2/c1-15-8-10-17(11-9-15)12-13-23-26-21-14-18(24-16(2)25-21)22-19(27-3)6-5-7-20(22)28-4/h5-11,13-14H,12H2,1-4H3,(H,24,25,26). The predicted octanol–water partition coefficient (Wildman–Crippen LogP) is 4.42. The van der Waals surface area contributed by atoms with E-state index in [1.807, 2.05) is 37.4 Å². The molecule has 0 atom stereocenters. The lowest BCUT2D eigenvalue weighted by atomic mass is 10.1. The number of aryl methyl sites for hydroxylation is 2. The van der Waals surface area contributed by atoms with Crippen LogP contribution in [-0.4, -0.2) is 30.4 Å². The van der Waals surface area contributed by atoms with E-state index in [2.05, 4.69) is 51.7 Å². The van der Waals surface area contributed by atoms with E-state index in [9.17, 15) is 0 Å². The molecule has 0 saturated carbocycles. The molecule has 3 aromatic rings. The van der Waals surface area contributed by atoms with E-state index in [-0.39, 0.29) is 0 Å². The van der Waals surface area contributed by atoms with Crippen molar-refractivity contribution in [3.05, 3.63) is 65.5 Å². The Kier molecular flexibility index (Phi) is 6.22. The number of anilines is 1. The molecule has 0 unspecified atom stereocenters. The Hall–Kier alpha value is -3.41. The van der Waals surface area contributed by atoms with Crippen molar-refractivity contribution >= 4 is 12.0 Å². The van der Waals surface area contributed by atoms with Crippen LogP contribution in [0.3, 0.4) is 0 Å². The van der Waals surface area contributed by atoms with Crippen molar-refractivity contribution in [3.8, 4) is 22.8 Å². The van der Waals surface area contributed by atoms with Crippen LogP contribution in [0.5, 0.6) is 11.5 Å². The Labute approximate surface area is 165 Å². The molecule has 0 aliphatic carbocycles. The maximum atomic E-state index is 5.49. The highest BCUT2D eigenvalue weighted by Gasteiger charge is 2.15. The molecule has 6 nitrogen and oxygen atoms in total. The summed E-state index contributed by atoms with van der Waals surface area (Å²) >= 11 is 0. The summed E-state index contributed by atoms with van der Waals surface area (Å²) in [4.78, 5) is 8.95. The van der Waals surface area contributed by atoms with E-state index in [1.54, 1.807) is 14.2 Å². The van der Waals surface area contributed by atoms with Gasteiger partial charge < -0.3 is 9.47 Å². The molecule has 0 aliphatic heterocycles. The molecule has 0 spiro atoms. The van der Waals surface area contributed by atoms with E-state index in [0.29, 0.717) is 28.8 Å². The van der Waals surface area contributed by atoms with Gasteiger partial charge in [0, 0.05) is 18.7 Å². The zero-order chi connectivity index (χ0) is 19.9. The monoisotopic (exact) mass is 376 g/mol. The predicted molar refractivity (Wildman–Crippen MR) is 112 cm³/mol. The summed E-state index contributed by atoms with van der Waals surface area (Å²) in [6.45, 7) is 3.91. The number of hydrogen-bond donors (Lipinski definition) is 1. The maximum absolute atomic E-state index is 5.49. The van der Waals surface area contributed by atoms with E-state index < -0.39 is 0 Å². The van der Waals surface area contributed by atoms with Crippen molar-refractivity contribution < 1.29 is 9.47 Å². The number of benzene rings is 2. The minimum atomic E-state index is 0.607. The van der Waals surface area contributed by atoms with Crippen LogP contribution in [0.4, 0.5) is 5.82 Å². The fourth-order valence-electron chi connectivity index (χ4n) is 2.84. The van der Waals surface area contributed by atoms with Crippen LogP contribution < -0.4 is 14.9 Å². The molecule has 0 radical (unpaired) electrons. The van der Waals surface area contributed by atoms with E-state index in [4.69, 9.17) is 9.47 Å². The first-order chi connectivity index (χ1) is 13.6. The molecule has 1 aromatic heterocycles. The number of hydrazone groups is 1. The third-order valence-electron chi connectivity index (χ3n) is 4.24. The molecular formula is C22H24N4O2. The first kappa shape index (κ1) is 19.4. The summed E-state index contributed by atoms with van der Waals surface area (Å²) in [5, 5.41) is 4.29. The van der Waals surface area contributed by atoms with Gasteiger partial charge in [0.2, 0.25) is 0 Å². The Morgan fingerprint density at radius 2 is 1.64 bits per heavy atom. The number of nitrogens with one attached hydrogen (secondary N) is 1. The molecule has 1 N–H and O–H groups in total. The molecule has 0 fully saturated rings. The number of nitrogens with zero attached hydrogens (tertiary/aromatic N) is 3. The van der Waals surface area contributed by atoms with Crippen LogP contribution in [-0.2, 0) is 6.42 Å². The number of methoxy groups -OCH3 is 2. The molecule has 0 saturated heterocycles. The second-order valence-electron chi connectivity index (χ2n) is 6.34. The smallest absolute Gasteiger partial charge is 0.150 e. The van der Waals surface area contributed by atoms with Gasteiger partial charge in [-0.25, -0.2) is 9.97 Å². The van der Waals surface area contributed by atoms with Crippen molar-refractivity contribution in [2.45, 2.75) is 20.3 Å². The topological polar surface area (TPSA) is 68.6 Å². The van der Waals surface area contributed by atoms with Gasteiger partial charge in [0.25, 0.3) is 0 Å². The van der Waals surface area contributed by atoms with Gasteiger partial charge in [0.15, 0.2) is 0 Å². The molecule has 0 bridgehead atoms. The average Bonchev–Trinajstić information content (AvgIpc) is 2.71. The Morgan fingerprint density at radius 1 is 0.964 bits per heavy atom. The fraction of sp³-hybridized carbons (Fsp3) is 0.227. The van der Waals surface area contributed by atoms with E-state index in [1.165, 1.54) is 11.1 Å². The highest BCUT2D eigenvalue weighted by Crippen LogP contribution is 2.37. The Bertz CT molecular complexity index is 947. The van der Waals surface area contributed by atoms with Gasteiger partial charge >= 0.3 is 0 Å². The summed E-state index contributed by atoms with van der Waals surface area (Å²) in [6, 6.07) is 15.9. The molecule has 0 amide bonds. The highest BCUT2D eigenvalue weighted by atomic mass is 16.5. The maximum Gasteiger partial charge on any atom is 0.150 e. The Balaban J connectivity index is 1.80.